The van der Waals surface area contributed by atoms with E-state index in [1.54, 1.807) is 7.11 Å². The van der Waals surface area contributed by atoms with Crippen molar-refractivity contribution in [3.8, 4) is 0 Å². The molecule has 0 bridgehead atoms. The monoisotopic (exact) mass is 468 g/mol. The van der Waals surface area contributed by atoms with Crippen LogP contribution in [-0.2, 0) is 17.8 Å². The Labute approximate surface area is 173 Å². The quantitative estimate of drug-likeness (QED) is 0.269. The van der Waals surface area contributed by atoms with Crippen molar-refractivity contribution in [2.45, 2.75) is 13.1 Å². The van der Waals surface area contributed by atoms with Gasteiger partial charge in [0.2, 0.25) is 0 Å². The number of ether oxygens (including phenoxy) is 1. The molecular formula is C20H29IN4O. The number of rotatable bonds is 8. The molecule has 2 N–H and O–H groups in total. The molecule has 2 aromatic rings. The topological polar surface area (TPSA) is 48.9 Å². The van der Waals surface area contributed by atoms with Crippen LogP contribution in [-0.4, -0.2) is 45.2 Å². The normalized spacial score (nSPS) is 10.8. The molecule has 0 aliphatic carbocycles. The van der Waals surface area contributed by atoms with Gasteiger partial charge in [0.1, 0.15) is 0 Å². The van der Waals surface area contributed by atoms with Gasteiger partial charge in [-0.3, -0.25) is 4.99 Å². The molecule has 142 valence electrons. The van der Waals surface area contributed by atoms with E-state index in [9.17, 15) is 0 Å². The number of hydrogen-bond donors (Lipinski definition) is 2. The van der Waals surface area contributed by atoms with Gasteiger partial charge in [-0.05, 0) is 23.3 Å². The average Bonchev–Trinajstić information content (AvgIpc) is 2.64. The Morgan fingerprint density at radius 3 is 2.35 bits per heavy atom. The van der Waals surface area contributed by atoms with E-state index in [1.807, 2.05) is 20.2 Å². The molecule has 0 fully saturated rings. The summed E-state index contributed by atoms with van der Waals surface area (Å²) in [5.74, 6) is 0.881. The first kappa shape index (κ1) is 22.2. The summed E-state index contributed by atoms with van der Waals surface area (Å²) in [5, 5.41) is 6.73. The lowest BCUT2D eigenvalue weighted by Gasteiger charge is -2.22. The maximum atomic E-state index is 5.04. The van der Waals surface area contributed by atoms with Gasteiger partial charge in [0.15, 0.2) is 5.96 Å². The van der Waals surface area contributed by atoms with Crippen LogP contribution < -0.4 is 10.6 Å². The van der Waals surface area contributed by atoms with Gasteiger partial charge >= 0.3 is 0 Å². The average molecular weight is 468 g/mol. The molecule has 0 radical (unpaired) electrons. The van der Waals surface area contributed by atoms with Gasteiger partial charge < -0.3 is 20.3 Å². The second-order valence-electron chi connectivity index (χ2n) is 5.86. The Hall–Kier alpha value is -1.80. The van der Waals surface area contributed by atoms with E-state index in [4.69, 9.17) is 4.74 Å². The SMILES string of the molecule is CN=C(NCc1ccc(NCCOC)cc1)N(C)Cc1ccccc1.I. The van der Waals surface area contributed by atoms with Gasteiger partial charge in [-0.15, -0.1) is 24.0 Å². The van der Waals surface area contributed by atoms with Crippen LogP contribution in [0, 0.1) is 0 Å². The minimum Gasteiger partial charge on any atom is -0.383 e. The van der Waals surface area contributed by atoms with Gasteiger partial charge in [0.25, 0.3) is 0 Å². The Morgan fingerprint density at radius 1 is 1.04 bits per heavy atom. The van der Waals surface area contributed by atoms with E-state index < -0.39 is 0 Å². The summed E-state index contributed by atoms with van der Waals surface area (Å²) in [6.07, 6.45) is 0. The highest BCUT2D eigenvalue weighted by Gasteiger charge is 2.06. The molecule has 0 aromatic heterocycles. The number of anilines is 1. The van der Waals surface area contributed by atoms with Crippen molar-refractivity contribution in [2.75, 3.05) is 39.7 Å². The number of aliphatic imine (C=N–C) groups is 1. The summed E-state index contributed by atoms with van der Waals surface area (Å²) < 4.78 is 5.04. The first-order chi connectivity index (χ1) is 12.2. The standard InChI is InChI=1S/C20H28N4O.HI/c1-21-20(24(2)16-18-7-5-4-6-8-18)23-15-17-9-11-19(12-10-17)22-13-14-25-3;/h4-12,22H,13-16H2,1-3H3,(H,21,23);1H. The smallest absolute Gasteiger partial charge is 0.193 e. The molecule has 0 aliphatic rings. The molecule has 0 aliphatic heterocycles. The summed E-state index contributed by atoms with van der Waals surface area (Å²) in [6, 6.07) is 18.8. The molecule has 2 aromatic carbocycles. The number of methoxy groups -OCH3 is 1. The largest absolute Gasteiger partial charge is 0.383 e. The van der Waals surface area contributed by atoms with Crippen LogP contribution >= 0.6 is 24.0 Å². The highest BCUT2D eigenvalue weighted by molar-refractivity contribution is 14.0. The zero-order valence-electron chi connectivity index (χ0n) is 15.7. The zero-order chi connectivity index (χ0) is 17.9. The van der Waals surface area contributed by atoms with E-state index in [0.29, 0.717) is 6.61 Å². The molecule has 0 spiro atoms. The second kappa shape index (κ2) is 12.5. The van der Waals surface area contributed by atoms with Crippen molar-refractivity contribution in [1.82, 2.24) is 10.2 Å². The van der Waals surface area contributed by atoms with Crippen LogP contribution in [0.1, 0.15) is 11.1 Å². The second-order valence-corrected chi connectivity index (χ2v) is 5.86. The lowest BCUT2D eigenvalue weighted by molar-refractivity contribution is 0.211. The molecule has 0 saturated carbocycles. The number of nitrogens with one attached hydrogen (secondary N) is 2. The number of halogens is 1. The Morgan fingerprint density at radius 2 is 1.73 bits per heavy atom. The van der Waals surface area contributed by atoms with E-state index >= 15 is 0 Å². The number of nitrogens with zero attached hydrogens (tertiary/aromatic N) is 2. The predicted octanol–water partition coefficient (Wildman–Crippen LogP) is 3.57. The molecule has 0 heterocycles. The maximum absolute atomic E-state index is 5.04. The van der Waals surface area contributed by atoms with Crippen LogP contribution in [0.4, 0.5) is 5.69 Å². The fourth-order valence-corrected chi connectivity index (χ4v) is 2.54. The summed E-state index contributed by atoms with van der Waals surface area (Å²) in [6.45, 7) is 3.07. The number of guanidine groups is 1. The van der Waals surface area contributed by atoms with Crippen molar-refractivity contribution in [3.05, 3.63) is 65.7 Å². The molecule has 6 heteroatoms. The zero-order valence-corrected chi connectivity index (χ0v) is 18.1. The van der Waals surface area contributed by atoms with Gasteiger partial charge in [0, 0.05) is 46.5 Å². The van der Waals surface area contributed by atoms with Crippen LogP contribution in [0.5, 0.6) is 0 Å². The molecule has 5 nitrogen and oxygen atoms in total. The fourth-order valence-electron chi connectivity index (χ4n) is 2.54. The van der Waals surface area contributed by atoms with Gasteiger partial charge in [-0.1, -0.05) is 42.5 Å². The minimum absolute atomic E-state index is 0. The highest BCUT2D eigenvalue weighted by Crippen LogP contribution is 2.09. The molecular weight excluding hydrogens is 439 g/mol. The van der Waals surface area contributed by atoms with Gasteiger partial charge in [-0.25, -0.2) is 0 Å². The third-order valence-corrected chi connectivity index (χ3v) is 3.88. The third kappa shape index (κ3) is 7.61. The van der Waals surface area contributed by atoms with E-state index in [0.717, 1.165) is 31.3 Å². The fraction of sp³-hybridized carbons (Fsp3) is 0.350. The predicted molar refractivity (Wildman–Crippen MR) is 120 cm³/mol. The molecule has 0 atom stereocenters. The van der Waals surface area contributed by atoms with E-state index in [-0.39, 0.29) is 24.0 Å². The summed E-state index contributed by atoms with van der Waals surface area (Å²) in [7, 11) is 5.57. The van der Waals surface area contributed by atoms with Crippen molar-refractivity contribution in [1.29, 1.82) is 0 Å². The highest BCUT2D eigenvalue weighted by atomic mass is 127. The summed E-state index contributed by atoms with van der Waals surface area (Å²) in [4.78, 5) is 6.49. The van der Waals surface area contributed by atoms with Crippen LogP contribution in [0.3, 0.4) is 0 Å². The molecule has 0 saturated heterocycles. The first-order valence-corrected chi connectivity index (χ1v) is 8.50. The third-order valence-electron chi connectivity index (χ3n) is 3.88. The Bertz CT molecular complexity index is 647. The van der Waals surface area contributed by atoms with Crippen LogP contribution in [0.15, 0.2) is 59.6 Å². The molecule has 26 heavy (non-hydrogen) atoms. The van der Waals surface area contributed by atoms with Gasteiger partial charge in [-0.2, -0.15) is 0 Å². The molecule has 2 rings (SSSR count). The number of benzene rings is 2. The van der Waals surface area contributed by atoms with Gasteiger partial charge in [0.05, 0.1) is 6.61 Å². The maximum Gasteiger partial charge on any atom is 0.193 e. The lowest BCUT2D eigenvalue weighted by Crippen LogP contribution is -2.38. The summed E-state index contributed by atoms with van der Waals surface area (Å²) in [5.41, 5.74) is 3.58. The molecule has 0 unspecified atom stereocenters. The number of hydrogen-bond acceptors (Lipinski definition) is 3. The van der Waals surface area contributed by atoms with Crippen LogP contribution in [0.25, 0.3) is 0 Å². The van der Waals surface area contributed by atoms with Crippen molar-refractivity contribution in [2.24, 2.45) is 4.99 Å². The van der Waals surface area contributed by atoms with E-state index in [1.165, 1.54) is 11.1 Å². The van der Waals surface area contributed by atoms with Crippen molar-refractivity contribution >= 4 is 35.6 Å². The van der Waals surface area contributed by atoms with Crippen molar-refractivity contribution in [3.63, 3.8) is 0 Å². The minimum atomic E-state index is 0. The Balaban J connectivity index is 0.00000338. The first-order valence-electron chi connectivity index (χ1n) is 8.50. The lowest BCUT2D eigenvalue weighted by atomic mass is 10.2. The van der Waals surface area contributed by atoms with Crippen LogP contribution in [0.2, 0.25) is 0 Å². The van der Waals surface area contributed by atoms with E-state index in [2.05, 4.69) is 69.1 Å². The summed E-state index contributed by atoms with van der Waals surface area (Å²) >= 11 is 0. The Kier molecular flexibility index (Phi) is 10.7. The van der Waals surface area contributed by atoms with Crippen molar-refractivity contribution < 1.29 is 4.74 Å². The molecule has 0 amide bonds.